The average Bonchev–Trinajstić information content (AvgIpc) is 2.16. The molecule has 1 unspecified atom stereocenters. The molecule has 0 aliphatic heterocycles. The summed E-state index contributed by atoms with van der Waals surface area (Å²) in [4.78, 5) is 0. The van der Waals surface area contributed by atoms with Crippen molar-refractivity contribution in [3.8, 4) is 11.5 Å². The minimum Gasteiger partial charge on any atom is -0.497 e. The van der Waals surface area contributed by atoms with Crippen LogP contribution in [0.1, 0.15) is 20.8 Å². The summed E-state index contributed by atoms with van der Waals surface area (Å²) < 4.78 is 10.8. The Labute approximate surface area is 91.5 Å². The third kappa shape index (κ3) is 4.07. The molecule has 0 aliphatic rings. The van der Waals surface area contributed by atoms with E-state index in [1.54, 1.807) is 7.11 Å². The standard InChI is InChI=1S/C13H18O2/c1-10(2)8-11(3)15-13-7-5-6-12(9-13)14-4/h5-9,11H,1-4H3. The zero-order chi connectivity index (χ0) is 11.3. The summed E-state index contributed by atoms with van der Waals surface area (Å²) in [7, 11) is 1.65. The average molecular weight is 206 g/mol. The van der Waals surface area contributed by atoms with Crippen LogP contribution in [-0.4, -0.2) is 13.2 Å². The van der Waals surface area contributed by atoms with Crippen LogP contribution in [0, 0.1) is 0 Å². The second-order valence-electron chi connectivity index (χ2n) is 3.75. The zero-order valence-corrected chi connectivity index (χ0v) is 9.78. The summed E-state index contributed by atoms with van der Waals surface area (Å²) >= 11 is 0. The molecule has 0 saturated carbocycles. The molecule has 1 aromatic carbocycles. The van der Waals surface area contributed by atoms with Crippen molar-refractivity contribution >= 4 is 0 Å². The largest absolute Gasteiger partial charge is 0.497 e. The highest BCUT2D eigenvalue weighted by molar-refractivity contribution is 5.33. The van der Waals surface area contributed by atoms with Crippen LogP contribution in [0.25, 0.3) is 0 Å². The van der Waals surface area contributed by atoms with E-state index in [-0.39, 0.29) is 6.10 Å². The molecule has 0 bridgehead atoms. The number of hydrogen-bond donors (Lipinski definition) is 0. The van der Waals surface area contributed by atoms with E-state index in [0.29, 0.717) is 0 Å². The van der Waals surface area contributed by atoms with Gasteiger partial charge in [0.1, 0.15) is 17.6 Å². The van der Waals surface area contributed by atoms with Gasteiger partial charge in [0, 0.05) is 6.07 Å². The van der Waals surface area contributed by atoms with Crippen LogP contribution in [-0.2, 0) is 0 Å². The lowest BCUT2D eigenvalue weighted by molar-refractivity contribution is 0.267. The van der Waals surface area contributed by atoms with Crippen molar-refractivity contribution in [1.29, 1.82) is 0 Å². The maximum atomic E-state index is 5.71. The first-order valence-corrected chi connectivity index (χ1v) is 5.07. The number of rotatable bonds is 4. The van der Waals surface area contributed by atoms with Crippen molar-refractivity contribution in [2.45, 2.75) is 26.9 Å². The molecule has 82 valence electrons. The second kappa shape index (κ2) is 5.44. The van der Waals surface area contributed by atoms with Gasteiger partial charge in [0.15, 0.2) is 0 Å². The van der Waals surface area contributed by atoms with Crippen LogP contribution in [0.3, 0.4) is 0 Å². The molecule has 1 rings (SSSR count). The topological polar surface area (TPSA) is 18.5 Å². The molecule has 1 atom stereocenters. The smallest absolute Gasteiger partial charge is 0.123 e. The van der Waals surface area contributed by atoms with E-state index in [1.165, 1.54) is 5.57 Å². The Balaban J connectivity index is 2.68. The molecule has 2 nitrogen and oxygen atoms in total. The number of benzene rings is 1. The summed E-state index contributed by atoms with van der Waals surface area (Å²) in [5, 5.41) is 0. The first-order valence-electron chi connectivity index (χ1n) is 5.07. The van der Waals surface area contributed by atoms with Gasteiger partial charge in [-0.2, -0.15) is 0 Å². The number of ether oxygens (including phenoxy) is 2. The Morgan fingerprint density at radius 1 is 1.27 bits per heavy atom. The van der Waals surface area contributed by atoms with Gasteiger partial charge >= 0.3 is 0 Å². The first kappa shape index (κ1) is 11.6. The van der Waals surface area contributed by atoms with E-state index < -0.39 is 0 Å². The van der Waals surface area contributed by atoms with Crippen molar-refractivity contribution in [2.75, 3.05) is 7.11 Å². The minimum atomic E-state index is 0.0853. The molecule has 0 aliphatic carbocycles. The number of methoxy groups -OCH3 is 1. The van der Waals surface area contributed by atoms with Gasteiger partial charge in [-0.1, -0.05) is 11.6 Å². The molecule has 0 radical (unpaired) electrons. The van der Waals surface area contributed by atoms with Crippen molar-refractivity contribution in [2.24, 2.45) is 0 Å². The fourth-order valence-electron chi connectivity index (χ4n) is 1.39. The van der Waals surface area contributed by atoms with Crippen LogP contribution in [0.15, 0.2) is 35.9 Å². The third-order valence-electron chi connectivity index (χ3n) is 1.93. The Bertz CT molecular complexity index is 338. The molecule has 0 fully saturated rings. The normalized spacial score (nSPS) is 11.7. The molecule has 0 spiro atoms. The molecule has 15 heavy (non-hydrogen) atoms. The molecule has 0 N–H and O–H groups in total. The monoisotopic (exact) mass is 206 g/mol. The van der Waals surface area contributed by atoms with Gasteiger partial charge in [0.05, 0.1) is 7.11 Å². The maximum absolute atomic E-state index is 5.71. The van der Waals surface area contributed by atoms with Gasteiger partial charge in [-0.25, -0.2) is 0 Å². The third-order valence-corrected chi connectivity index (χ3v) is 1.93. The summed E-state index contributed by atoms with van der Waals surface area (Å²) in [5.41, 5.74) is 1.25. The summed E-state index contributed by atoms with van der Waals surface area (Å²) in [6.45, 7) is 6.14. The van der Waals surface area contributed by atoms with Crippen LogP contribution in [0.2, 0.25) is 0 Å². The van der Waals surface area contributed by atoms with Crippen LogP contribution >= 0.6 is 0 Å². The fraction of sp³-hybridized carbons (Fsp3) is 0.385. The van der Waals surface area contributed by atoms with E-state index >= 15 is 0 Å². The summed E-state index contributed by atoms with van der Waals surface area (Å²) in [5.74, 6) is 1.65. The van der Waals surface area contributed by atoms with Crippen molar-refractivity contribution < 1.29 is 9.47 Å². The van der Waals surface area contributed by atoms with E-state index in [9.17, 15) is 0 Å². The Kier molecular flexibility index (Phi) is 4.22. The van der Waals surface area contributed by atoms with E-state index in [0.717, 1.165) is 11.5 Å². The molecule has 1 aromatic rings. The zero-order valence-electron chi connectivity index (χ0n) is 9.78. The van der Waals surface area contributed by atoms with Crippen molar-refractivity contribution in [3.63, 3.8) is 0 Å². The van der Waals surface area contributed by atoms with E-state index in [4.69, 9.17) is 9.47 Å². The lowest BCUT2D eigenvalue weighted by atomic mass is 10.2. The van der Waals surface area contributed by atoms with E-state index in [1.807, 2.05) is 31.2 Å². The number of hydrogen-bond acceptors (Lipinski definition) is 2. The van der Waals surface area contributed by atoms with Gasteiger partial charge in [0.25, 0.3) is 0 Å². The quantitative estimate of drug-likeness (QED) is 0.703. The van der Waals surface area contributed by atoms with Gasteiger partial charge in [-0.15, -0.1) is 0 Å². The Morgan fingerprint density at radius 2 is 1.93 bits per heavy atom. The highest BCUT2D eigenvalue weighted by atomic mass is 16.5. The molecule has 2 heteroatoms. The fourth-order valence-corrected chi connectivity index (χ4v) is 1.39. The molecular formula is C13H18O2. The van der Waals surface area contributed by atoms with Crippen LogP contribution < -0.4 is 9.47 Å². The summed E-state index contributed by atoms with van der Waals surface area (Å²) in [6, 6.07) is 7.63. The molecule has 0 saturated heterocycles. The number of allylic oxidation sites excluding steroid dienone is 1. The first-order chi connectivity index (χ1) is 7.11. The maximum Gasteiger partial charge on any atom is 0.123 e. The highest BCUT2D eigenvalue weighted by Crippen LogP contribution is 2.20. The van der Waals surface area contributed by atoms with E-state index in [2.05, 4.69) is 19.9 Å². The Hall–Kier alpha value is -1.44. The van der Waals surface area contributed by atoms with Crippen LogP contribution in [0.5, 0.6) is 11.5 Å². The van der Waals surface area contributed by atoms with Gasteiger partial charge in [0.2, 0.25) is 0 Å². The van der Waals surface area contributed by atoms with Gasteiger partial charge in [-0.3, -0.25) is 0 Å². The molecule has 0 heterocycles. The van der Waals surface area contributed by atoms with Crippen molar-refractivity contribution in [1.82, 2.24) is 0 Å². The van der Waals surface area contributed by atoms with Gasteiger partial charge in [-0.05, 0) is 39.0 Å². The lowest BCUT2D eigenvalue weighted by Gasteiger charge is -2.12. The van der Waals surface area contributed by atoms with Crippen LogP contribution in [0.4, 0.5) is 0 Å². The SMILES string of the molecule is COc1cccc(OC(C)C=C(C)C)c1. The molecular weight excluding hydrogens is 188 g/mol. The molecule has 0 aromatic heterocycles. The lowest BCUT2D eigenvalue weighted by Crippen LogP contribution is -2.08. The van der Waals surface area contributed by atoms with Gasteiger partial charge < -0.3 is 9.47 Å². The predicted octanol–water partition coefficient (Wildman–Crippen LogP) is 3.43. The predicted molar refractivity (Wildman–Crippen MR) is 62.5 cm³/mol. The molecule has 0 amide bonds. The van der Waals surface area contributed by atoms with Crippen molar-refractivity contribution in [3.05, 3.63) is 35.9 Å². The Morgan fingerprint density at radius 3 is 2.53 bits per heavy atom. The minimum absolute atomic E-state index is 0.0853. The highest BCUT2D eigenvalue weighted by Gasteiger charge is 2.01. The summed E-state index contributed by atoms with van der Waals surface area (Å²) in [6.07, 6.45) is 2.17. The second-order valence-corrected chi connectivity index (χ2v) is 3.75.